The lowest BCUT2D eigenvalue weighted by Gasteiger charge is -1.92. The van der Waals surface area contributed by atoms with E-state index in [1.807, 2.05) is 0 Å². The molecule has 0 saturated carbocycles. The normalized spacial score (nSPS) is 8.00. The molecule has 0 aromatic carbocycles. The van der Waals surface area contributed by atoms with Gasteiger partial charge in [0.25, 0.3) is 0 Å². The minimum absolute atomic E-state index is 0. The maximum absolute atomic E-state index is 2.29. The van der Waals surface area contributed by atoms with Crippen molar-refractivity contribution in [2.75, 3.05) is 19.5 Å². The van der Waals surface area contributed by atoms with E-state index in [1.54, 1.807) is 0 Å². The van der Waals surface area contributed by atoms with Gasteiger partial charge in [0.2, 0.25) is 0 Å². The van der Waals surface area contributed by atoms with Crippen molar-refractivity contribution in [3.05, 3.63) is 0 Å². The zero-order valence-electron chi connectivity index (χ0n) is 4.56. The van der Waals surface area contributed by atoms with Crippen molar-refractivity contribution in [2.24, 2.45) is 0 Å². The summed E-state index contributed by atoms with van der Waals surface area (Å²) in [4.78, 5) is 0. The molecule has 0 fully saturated rings. The molecule has 0 atom stereocenters. The van der Waals surface area contributed by atoms with Crippen molar-refractivity contribution < 1.29 is 0 Å². The second-order valence-corrected chi connectivity index (χ2v) is 4.19. The van der Waals surface area contributed by atoms with Gasteiger partial charge in [-0.15, -0.1) is 20.3 Å². The Morgan fingerprint density at radius 3 is 1.50 bits per heavy atom. The molecular weight excluding hydrogens is 114 g/mol. The van der Waals surface area contributed by atoms with Crippen LogP contribution in [0.4, 0.5) is 0 Å². The molecule has 0 aromatic rings. The summed E-state index contributed by atoms with van der Waals surface area (Å²) in [6.45, 7) is 6.80. The first-order chi connectivity index (χ1) is 2.27. The van der Waals surface area contributed by atoms with Crippen LogP contribution in [0.25, 0.3) is 0 Å². The Morgan fingerprint density at radius 1 is 1.33 bits per heavy atom. The fraction of sp³-hybridized carbons (Fsp3) is 1.00. The van der Waals surface area contributed by atoms with Crippen molar-refractivity contribution in [1.82, 2.24) is 0 Å². The second kappa shape index (κ2) is 5.72. The fourth-order valence-corrected chi connectivity index (χ4v) is 0. The predicted molar refractivity (Wildman–Crippen MR) is 36.6 cm³/mol. The maximum Gasteiger partial charge on any atom is -0.0359 e. The van der Waals surface area contributed by atoms with E-state index in [1.165, 1.54) is 6.16 Å². The Bertz CT molecular complexity index is 21.5. The molecule has 6 heavy (non-hydrogen) atoms. The molecule has 0 rings (SSSR count). The summed E-state index contributed by atoms with van der Waals surface area (Å²) in [5.74, 6) is 0. The van der Waals surface area contributed by atoms with Gasteiger partial charge in [-0.05, 0) is 19.5 Å². The highest BCUT2D eigenvalue weighted by atomic mass is 35.5. The van der Waals surface area contributed by atoms with Crippen LogP contribution in [-0.4, -0.2) is 19.5 Å². The lowest BCUT2D eigenvalue weighted by Crippen LogP contribution is -1.65. The summed E-state index contributed by atoms with van der Waals surface area (Å²) in [5, 5.41) is 0. The van der Waals surface area contributed by atoms with E-state index in [-0.39, 0.29) is 12.4 Å². The van der Waals surface area contributed by atoms with Crippen molar-refractivity contribution in [1.29, 1.82) is 0 Å². The van der Waals surface area contributed by atoms with E-state index < -0.39 is 0 Å². The Balaban J connectivity index is 0. The molecule has 0 radical (unpaired) electrons. The van der Waals surface area contributed by atoms with E-state index in [4.69, 9.17) is 0 Å². The minimum atomic E-state index is 0. The SMILES string of the molecule is CCP(C)C.Cl. The van der Waals surface area contributed by atoms with Crippen molar-refractivity contribution >= 4 is 20.3 Å². The van der Waals surface area contributed by atoms with Gasteiger partial charge in [0.05, 0.1) is 0 Å². The molecular formula is C4H12ClP. The number of hydrogen-bond donors (Lipinski definition) is 0. The Hall–Kier alpha value is 0.720. The summed E-state index contributed by atoms with van der Waals surface area (Å²) in [6, 6.07) is 0. The third kappa shape index (κ3) is 8.83. The van der Waals surface area contributed by atoms with Crippen LogP contribution in [0, 0.1) is 0 Å². The molecule has 0 saturated heterocycles. The standard InChI is InChI=1S/C4H11P.ClH/c1-4-5(2)3;/h4H2,1-3H3;1H. The van der Waals surface area contributed by atoms with Gasteiger partial charge >= 0.3 is 0 Å². The van der Waals surface area contributed by atoms with Gasteiger partial charge in [0.1, 0.15) is 0 Å². The lowest BCUT2D eigenvalue weighted by atomic mass is 11.0. The quantitative estimate of drug-likeness (QED) is 0.473. The Morgan fingerprint density at radius 2 is 1.50 bits per heavy atom. The number of halogens is 1. The molecule has 0 spiro atoms. The third-order valence-corrected chi connectivity index (χ3v) is 1.90. The monoisotopic (exact) mass is 126 g/mol. The predicted octanol–water partition coefficient (Wildman–Crippen LogP) is 2.17. The molecule has 0 N–H and O–H groups in total. The fourth-order valence-electron chi connectivity index (χ4n) is 0. The molecule has 0 aliphatic heterocycles. The first kappa shape index (κ1) is 9.87. The third-order valence-electron chi connectivity index (χ3n) is 0.632. The molecule has 0 nitrogen and oxygen atoms in total. The molecule has 40 valence electrons. The van der Waals surface area contributed by atoms with Crippen LogP contribution in [0.5, 0.6) is 0 Å². The van der Waals surface area contributed by atoms with Gasteiger partial charge in [0.15, 0.2) is 0 Å². The molecule has 0 amide bonds. The van der Waals surface area contributed by atoms with Crippen LogP contribution < -0.4 is 0 Å². The lowest BCUT2D eigenvalue weighted by molar-refractivity contribution is 1.50. The summed E-state index contributed by atoms with van der Waals surface area (Å²) < 4.78 is 0. The highest BCUT2D eigenvalue weighted by Crippen LogP contribution is 2.21. The average molecular weight is 127 g/mol. The van der Waals surface area contributed by atoms with Crippen molar-refractivity contribution in [3.8, 4) is 0 Å². The van der Waals surface area contributed by atoms with Gasteiger partial charge in [-0.1, -0.05) is 6.92 Å². The summed E-state index contributed by atoms with van der Waals surface area (Å²) >= 11 is 0. The largest absolute Gasteiger partial charge is 0.147 e. The molecule has 0 heterocycles. The minimum Gasteiger partial charge on any atom is -0.147 e. The van der Waals surface area contributed by atoms with Gasteiger partial charge in [-0.3, -0.25) is 0 Å². The summed E-state index contributed by atoms with van der Waals surface area (Å²) in [7, 11) is 0.402. The molecule has 0 aliphatic rings. The zero-order chi connectivity index (χ0) is 4.28. The zero-order valence-corrected chi connectivity index (χ0v) is 6.27. The van der Waals surface area contributed by atoms with E-state index in [0.29, 0.717) is 7.92 Å². The van der Waals surface area contributed by atoms with E-state index in [2.05, 4.69) is 20.3 Å². The van der Waals surface area contributed by atoms with E-state index >= 15 is 0 Å². The van der Waals surface area contributed by atoms with Gasteiger partial charge in [-0.25, -0.2) is 0 Å². The molecule has 2 heteroatoms. The highest BCUT2D eigenvalue weighted by molar-refractivity contribution is 7.55. The average Bonchev–Trinajstić information content (AvgIpc) is 1.38. The van der Waals surface area contributed by atoms with Crippen LogP contribution in [-0.2, 0) is 0 Å². The van der Waals surface area contributed by atoms with Crippen molar-refractivity contribution in [3.63, 3.8) is 0 Å². The van der Waals surface area contributed by atoms with Crippen LogP contribution in [0.15, 0.2) is 0 Å². The first-order valence-corrected chi connectivity index (χ1v) is 4.34. The highest BCUT2D eigenvalue weighted by Gasteiger charge is 1.78. The second-order valence-electron chi connectivity index (χ2n) is 1.40. The van der Waals surface area contributed by atoms with Crippen LogP contribution in [0.1, 0.15) is 6.92 Å². The smallest absolute Gasteiger partial charge is 0.0359 e. The summed E-state index contributed by atoms with van der Waals surface area (Å²) in [5.41, 5.74) is 0. The Labute approximate surface area is 47.5 Å². The topological polar surface area (TPSA) is 0 Å². The summed E-state index contributed by atoms with van der Waals surface area (Å²) in [6.07, 6.45) is 1.37. The molecule has 0 bridgehead atoms. The van der Waals surface area contributed by atoms with Crippen LogP contribution in [0.2, 0.25) is 0 Å². The van der Waals surface area contributed by atoms with Gasteiger partial charge < -0.3 is 0 Å². The first-order valence-electron chi connectivity index (χ1n) is 1.92. The molecule has 0 aromatic heterocycles. The van der Waals surface area contributed by atoms with Crippen LogP contribution >= 0.6 is 20.3 Å². The van der Waals surface area contributed by atoms with E-state index in [0.717, 1.165) is 0 Å². The van der Waals surface area contributed by atoms with Gasteiger partial charge in [-0.2, -0.15) is 0 Å². The number of rotatable bonds is 1. The van der Waals surface area contributed by atoms with Gasteiger partial charge in [0, 0.05) is 0 Å². The molecule has 0 aliphatic carbocycles. The van der Waals surface area contributed by atoms with Crippen molar-refractivity contribution in [2.45, 2.75) is 6.92 Å². The maximum atomic E-state index is 2.29. The Kier molecular flexibility index (Phi) is 9.41. The van der Waals surface area contributed by atoms with E-state index in [9.17, 15) is 0 Å². The van der Waals surface area contributed by atoms with Crippen LogP contribution in [0.3, 0.4) is 0 Å². The molecule has 0 unspecified atom stereocenters. The number of hydrogen-bond acceptors (Lipinski definition) is 0.